The average Bonchev–Trinajstić information content (AvgIpc) is 4.08. The number of phenolic OH excluding ortho intramolecular Hbond substituents is 1. The van der Waals surface area contributed by atoms with Gasteiger partial charge in [0.1, 0.15) is 34.8 Å². The molecule has 4 aliphatic heterocycles. The summed E-state index contributed by atoms with van der Waals surface area (Å²) in [6.07, 6.45) is 4.98. The topological polar surface area (TPSA) is 284 Å². The number of hydrogen-bond acceptors (Lipinski definition) is 17. The maximum atomic E-state index is 15.3. The van der Waals surface area contributed by atoms with E-state index in [2.05, 4.69) is 24.1 Å². The number of fused-ring (bicyclic) bond motifs is 3. The molecular formula is C59H81N4O16P. The fraction of sp³-hybridized carbons (Fsp3) is 0.576. The first-order valence-electron chi connectivity index (χ1n) is 27.7. The number of aliphatic hydroxyl groups is 3. The minimum atomic E-state index is -4.11. The number of benzene rings is 2. The molecule has 1 spiro atoms. The van der Waals surface area contributed by atoms with Crippen LogP contribution in [0.2, 0.25) is 0 Å². The number of aliphatic hydroxyl groups excluding tert-OH is 3. The van der Waals surface area contributed by atoms with Gasteiger partial charge < -0.3 is 64.1 Å². The van der Waals surface area contributed by atoms with Crippen molar-refractivity contribution in [1.82, 2.24) is 15.1 Å². The van der Waals surface area contributed by atoms with E-state index in [0.29, 0.717) is 49.6 Å². The number of esters is 1. The number of likely N-dealkylation sites (tertiary alicyclic amines) is 1. The number of methoxy groups -OCH3 is 1. The van der Waals surface area contributed by atoms with E-state index in [-0.39, 0.29) is 82.9 Å². The second-order valence-corrected chi connectivity index (χ2v) is 24.6. The van der Waals surface area contributed by atoms with E-state index in [1.165, 1.54) is 40.2 Å². The largest absolute Gasteiger partial charge is 0.507 e. The maximum absolute atomic E-state index is 15.3. The van der Waals surface area contributed by atoms with Crippen LogP contribution in [0, 0.1) is 36.5 Å². The molecule has 0 saturated carbocycles. The number of amides is 1. The number of allylic oxidation sites excluding steroid dienone is 2. The normalized spacial score (nSPS) is 30.0. The number of ketones is 2. The van der Waals surface area contributed by atoms with Gasteiger partial charge in [0.2, 0.25) is 0 Å². The van der Waals surface area contributed by atoms with E-state index >= 15 is 4.79 Å². The van der Waals surface area contributed by atoms with E-state index in [1.807, 2.05) is 4.90 Å². The van der Waals surface area contributed by atoms with E-state index in [1.54, 1.807) is 77.1 Å². The van der Waals surface area contributed by atoms with Crippen LogP contribution in [0.5, 0.6) is 17.2 Å². The number of carbonyl (C=O) groups excluding carboxylic acids is 4. The van der Waals surface area contributed by atoms with Crippen molar-refractivity contribution in [2.24, 2.45) is 34.6 Å². The average molecular weight is 1130 g/mol. The lowest BCUT2D eigenvalue weighted by Crippen LogP contribution is -2.57. The van der Waals surface area contributed by atoms with Gasteiger partial charge in [0.15, 0.2) is 5.78 Å². The highest BCUT2D eigenvalue weighted by atomic mass is 31.2. The second kappa shape index (κ2) is 25.2. The van der Waals surface area contributed by atoms with Crippen molar-refractivity contribution in [2.75, 3.05) is 46.1 Å². The lowest BCUT2D eigenvalue weighted by molar-refractivity contribution is -0.160. The number of carbonyl (C=O) groups is 4. The molecule has 438 valence electrons. The molecule has 5 aliphatic rings. The Balaban J connectivity index is 1.33. The third kappa shape index (κ3) is 13.1. The van der Waals surface area contributed by atoms with Gasteiger partial charge in [-0.05, 0) is 75.8 Å². The number of aliphatic imine (C=N–C) groups is 1. The van der Waals surface area contributed by atoms with Crippen molar-refractivity contribution in [2.45, 2.75) is 143 Å². The summed E-state index contributed by atoms with van der Waals surface area (Å²) in [6.45, 7) is 19.4. The Morgan fingerprint density at radius 1 is 0.938 bits per heavy atom. The molecule has 1 saturated heterocycles. The van der Waals surface area contributed by atoms with Crippen LogP contribution in [0.15, 0.2) is 71.1 Å². The molecule has 1 amide bonds. The number of nitrogens with one attached hydrogen (secondary N) is 1. The smallest absolute Gasteiger partial charge is 0.325 e. The molecule has 2 aromatic rings. The SMILES string of the molecule is CO[C@H]1/C=C/O[C@@]2(C)Oc3c(C)c(O)c4c(c3C2=O)C2=NC3(CCN(CC(C)C)CC3)N(CCC(=O)c3ccc(OCCCCP(=O)(O)O)cc3)C2C(=C4O)NC(=O)/C(C)=C\C=C\[C@H](C)[C@H](O)[C@@H](C)[C@@H](O)[C@@H](C)[C@H](OC(C)=O)[C@@H]1C. The zero-order chi connectivity index (χ0) is 58.8. The Hall–Kier alpha value is -5.70. The van der Waals surface area contributed by atoms with Gasteiger partial charge in [-0.25, -0.2) is 0 Å². The van der Waals surface area contributed by atoms with Gasteiger partial charge in [-0.2, -0.15) is 0 Å². The van der Waals surface area contributed by atoms with Crippen LogP contribution in [0.1, 0.15) is 132 Å². The first-order chi connectivity index (χ1) is 37.6. The van der Waals surface area contributed by atoms with E-state index in [9.17, 15) is 49.2 Å². The molecule has 7 N–H and O–H groups in total. The molecule has 1 unspecified atom stereocenters. The Morgan fingerprint density at radius 2 is 1.61 bits per heavy atom. The molecule has 10 atom stereocenters. The summed E-state index contributed by atoms with van der Waals surface area (Å²) in [5.74, 6) is -6.90. The third-order valence-electron chi connectivity index (χ3n) is 16.4. The molecule has 0 aromatic heterocycles. The third-order valence-corrected chi connectivity index (χ3v) is 17.3. The quantitative estimate of drug-likeness (QED) is 0.0428. The van der Waals surface area contributed by atoms with Crippen LogP contribution in [0.4, 0.5) is 0 Å². The maximum Gasteiger partial charge on any atom is 0.325 e. The zero-order valence-electron chi connectivity index (χ0n) is 47.8. The lowest BCUT2D eigenvalue weighted by Gasteiger charge is -2.45. The number of nitrogens with zero attached hydrogens (tertiary/aromatic N) is 3. The molecule has 2 aromatic carbocycles. The van der Waals surface area contributed by atoms with Crippen molar-refractivity contribution >= 4 is 42.5 Å². The molecule has 5 bridgehead atoms. The highest BCUT2D eigenvalue weighted by Gasteiger charge is 2.58. The first kappa shape index (κ1) is 61.9. The number of Topliss-reactive ketones (excluding diaryl/α,β-unsaturated/α-hetero) is 2. The highest BCUT2D eigenvalue weighted by Crippen LogP contribution is 2.53. The van der Waals surface area contributed by atoms with Gasteiger partial charge in [-0.15, -0.1) is 0 Å². The number of unbranched alkanes of at least 4 members (excludes halogenated alkanes) is 1. The number of phenols is 1. The summed E-state index contributed by atoms with van der Waals surface area (Å²) in [6, 6.07) is 5.50. The van der Waals surface area contributed by atoms with Crippen molar-refractivity contribution in [3.8, 4) is 17.2 Å². The molecular weight excluding hydrogens is 1050 g/mol. The Morgan fingerprint density at radius 3 is 2.24 bits per heavy atom. The van der Waals surface area contributed by atoms with E-state index in [4.69, 9.17) is 28.7 Å². The Bertz CT molecular complexity index is 2870. The summed E-state index contributed by atoms with van der Waals surface area (Å²) in [4.78, 5) is 85.0. The van der Waals surface area contributed by atoms with Gasteiger partial charge in [0, 0.05) is 106 Å². The van der Waals surface area contributed by atoms with Crippen LogP contribution >= 0.6 is 7.60 Å². The molecule has 20 nitrogen and oxygen atoms in total. The summed E-state index contributed by atoms with van der Waals surface area (Å²) in [7, 11) is -2.66. The summed E-state index contributed by atoms with van der Waals surface area (Å²) in [5.41, 5.74) is -0.206. The number of ether oxygens (including phenoxy) is 5. The van der Waals surface area contributed by atoms with Gasteiger partial charge in [0.05, 0.1) is 59.8 Å². The summed E-state index contributed by atoms with van der Waals surface area (Å²) < 4.78 is 41.4. The minimum absolute atomic E-state index is 0.0112. The van der Waals surface area contributed by atoms with Crippen LogP contribution in [0.25, 0.3) is 5.76 Å². The predicted molar refractivity (Wildman–Crippen MR) is 299 cm³/mol. The van der Waals surface area contributed by atoms with Gasteiger partial charge in [0.25, 0.3) is 11.7 Å². The number of rotatable bonds is 14. The van der Waals surface area contributed by atoms with Crippen molar-refractivity contribution in [1.29, 1.82) is 0 Å². The molecule has 4 heterocycles. The molecule has 21 heteroatoms. The predicted octanol–water partition coefficient (Wildman–Crippen LogP) is 7.14. The monoisotopic (exact) mass is 1130 g/mol. The van der Waals surface area contributed by atoms with Crippen LogP contribution in [-0.2, 0) is 28.4 Å². The molecule has 1 fully saturated rings. The van der Waals surface area contributed by atoms with Crippen molar-refractivity contribution in [3.05, 3.63) is 93.9 Å². The lowest BCUT2D eigenvalue weighted by atomic mass is 9.78. The standard InChI is InChI=1S/C59H81N4O16P/c1-32(2)31-62-26-23-59(24-27-62)61-47-44-45-52(68)38(8)55-46(44)56(70)58(10,79-55)77-29-22-43(75-11)35(5)54(78-39(9)64)37(7)51(67)36(6)50(66)33(3)15-14-16-34(4)57(71)60-48(53(45)69)49(47)63(59)25-21-42(65)40-17-19-41(20-18-40)76-28-12-13-30-80(72,73)74/h14-20,22,29,32-33,35-37,43,49-51,54,66-69H,12-13,21,23-28,30-31H2,1-11H3,(H,60,71)(H2,72,73,74)/b15-14+,29-22+,34-16-/t33-,35+,36+,37+,43-,49?,50-,51+,54+,58-/m0/s1. The highest BCUT2D eigenvalue weighted by molar-refractivity contribution is 7.51. The van der Waals surface area contributed by atoms with Crippen molar-refractivity contribution < 1.29 is 77.6 Å². The molecule has 7 rings (SSSR count). The number of hydrogen-bond donors (Lipinski definition) is 7. The number of piperidine rings is 1. The Labute approximate surface area is 468 Å². The molecule has 80 heavy (non-hydrogen) atoms. The molecule has 1 aliphatic carbocycles. The fourth-order valence-corrected chi connectivity index (χ4v) is 12.5. The second-order valence-electron chi connectivity index (χ2n) is 22.8. The van der Waals surface area contributed by atoms with Crippen molar-refractivity contribution in [3.63, 3.8) is 0 Å². The molecule has 0 radical (unpaired) electrons. The van der Waals surface area contributed by atoms with E-state index < -0.39 is 102 Å². The zero-order valence-corrected chi connectivity index (χ0v) is 48.7. The summed E-state index contributed by atoms with van der Waals surface area (Å²) >= 11 is 0. The van der Waals surface area contributed by atoms with Gasteiger partial charge >= 0.3 is 19.4 Å². The Kier molecular flexibility index (Phi) is 19.5. The first-order valence-corrected chi connectivity index (χ1v) is 29.5. The summed E-state index contributed by atoms with van der Waals surface area (Å²) in [5, 5.41) is 51.3. The van der Waals surface area contributed by atoms with Crippen LogP contribution in [0.3, 0.4) is 0 Å². The van der Waals surface area contributed by atoms with Crippen LogP contribution in [-0.4, -0.2) is 157 Å². The van der Waals surface area contributed by atoms with Crippen LogP contribution < -0.4 is 14.8 Å². The minimum Gasteiger partial charge on any atom is -0.507 e. The van der Waals surface area contributed by atoms with Gasteiger partial charge in [-0.3, -0.25) is 33.6 Å². The van der Waals surface area contributed by atoms with E-state index in [0.717, 1.165) is 6.54 Å². The van der Waals surface area contributed by atoms with Gasteiger partial charge in [-0.1, -0.05) is 59.8 Å². The fourth-order valence-electron chi connectivity index (χ4n) is 11.8. The number of aromatic hydroxyl groups is 1.